The number of fused-ring (bicyclic) bond motifs is 1. The predicted octanol–water partition coefficient (Wildman–Crippen LogP) is 5.26. The van der Waals surface area contributed by atoms with E-state index in [1.54, 1.807) is 60.3 Å². The first-order chi connectivity index (χ1) is 19.3. The topological polar surface area (TPSA) is 105 Å². The first kappa shape index (κ1) is 26.8. The maximum Gasteiger partial charge on any atom is 0.244 e. The van der Waals surface area contributed by atoms with Crippen LogP contribution in [0.25, 0.3) is 17.5 Å². The van der Waals surface area contributed by atoms with Gasteiger partial charge in [-0.05, 0) is 60.5 Å². The van der Waals surface area contributed by atoms with Crippen LogP contribution in [0.3, 0.4) is 0 Å². The Kier molecular flexibility index (Phi) is 7.70. The van der Waals surface area contributed by atoms with E-state index in [0.717, 1.165) is 5.56 Å². The van der Waals surface area contributed by atoms with Gasteiger partial charge in [0.2, 0.25) is 11.8 Å². The second-order valence-corrected chi connectivity index (χ2v) is 9.41. The van der Waals surface area contributed by atoms with Gasteiger partial charge in [0.05, 0.1) is 12.6 Å². The van der Waals surface area contributed by atoms with Gasteiger partial charge in [-0.3, -0.25) is 14.2 Å². The van der Waals surface area contributed by atoms with E-state index in [4.69, 9.17) is 10.7 Å². The van der Waals surface area contributed by atoms with Crippen LogP contribution in [0.5, 0.6) is 0 Å². The van der Waals surface area contributed by atoms with Crippen LogP contribution in [0.4, 0.5) is 26.0 Å². The largest absolute Gasteiger partial charge is 0.339 e. The van der Waals surface area contributed by atoms with Gasteiger partial charge in [-0.15, -0.1) is 0 Å². The van der Waals surface area contributed by atoms with Crippen LogP contribution >= 0.6 is 0 Å². The second kappa shape index (κ2) is 11.5. The molecule has 0 aliphatic carbocycles. The number of anilines is 3. The van der Waals surface area contributed by atoms with E-state index in [-0.39, 0.29) is 24.2 Å². The molecule has 1 aliphatic rings. The van der Waals surface area contributed by atoms with Gasteiger partial charge in [-0.25, -0.2) is 13.8 Å². The number of benzene rings is 3. The molecule has 40 heavy (non-hydrogen) atoms. The molecule has 2 heterocycles. The molecule has 3 aromatic carbocycles. The maximum absolute atomic E-state index is 14.1. The summed E-state index contributed by atoms with van der Waals surface area (Å²) in [6.45, 7) is 1.93. The highest BCUT2D eigenvalue weighted by Gasteiger charge is 2.27. The SMILES string of the molecule is CCC(=O)Nc1ccc(CC(N)C(=O)N2C=Cn3c(nc(-c4cccc(F)c4)c3Nc3ccc(F)cc3)C2)cc1. The normalized spacial score (nSPS) is 13.1. The molecule has 1 unspecified atom stereocenters. The van der Waals surface area contributed by atoms with E-state index in [1.807, 2.05) is 12.1 Å². The Balaban J connectivity index is 1.35. The third-order valence-electron chi connectivity index (χ3n) is 6.51. The fourth-order valence-corrected chi connectivity index (χ4v) is 4.41. The summed E-state index contributed by atoms with van der Waals surface area (Å²) >= 11 is 0. The Morgan fingerprint density at radius 2 is 1.70 bits per heavy atom. The van der Waals surface area contributed by atoms with Crippen molar-refractivity contribution < 1.29 is 18.4 Å². The van der Waals surface area contributed by atoms with Crippen molar-refractivity contribution in [1.82, 2.24) is 14.5 Å². The third-order valence-corrected chi connectivity index (χ3v) is 6.51. The molecule has 0 spiro atoms. The van der Waals surface area contributed by atoms with Crippen molar-refractivity contribution in [3.8, 4) is 11.3 Å². The fourth-order valence-electron chi connectivity index (χ4n) is 4.41. The molecule has 0 saturated carbocycles. The number of nitrogens with one attached hydrogen (secondary N) is 2. The highest BCUT2D eigenvalue weighted by atomic mass is 19.1. The van der Waals surface area contributed by atoms with Crippen molar-refractivity contribution in [3.05, 3.63) is 102 Å². The smallest absolute Gasteiger partial charge is 0.244 e. The molecule has 0 radical (unpaired) electrons. The summed E-state index contributed by atoms with van der Waals surface area (Å²) in [5, 5.41) is 6.04. The number of imidazole rings is 1. The monoisotopic (exact) mass is 542 g/mol. The summed E-state index contributed by atoms with van der Waals surface area (Å²) in [5.74, 6) is -0.0372. The second-order valence-electron chi connectivity index (χ2n) is 9.41. The van der Waals surface area contributed by atoms with Crippen LogP contribution in [-0.4, -0.2) is 32.3 Å². The molecule has 2 amide bonds. The molecule has 1 aliphatic heterocycles. The molecule has 8 nitrogen and oxygen atoms in total. The van der Waals surface area contributed by atoms with Gasteiger partial charge in [0.25, 0.3) is 0 Å². The molecule has 0 bridgehead atoms. The molecule has 4 N–H and O–H groups in total. The Labute approximate surface area is 230 Å². The Morgan fingerprint density at radius 1 is 0.975 bits per heavy atom. The molecule has 0 saturated heterocycles. The lowest BCUT2D eigenvalue weighted by atomic mass is 10.0. The first-order valence-corrected chi connectivity index (χ1v) is 12.8. The van der Waals surface area contributed by atoms with Crippen LogP contribution < -0.4 is 16.4 Å². The van der Waals surface area contributed by atoms with Crippen LogP contribution in [0.2, 0.25) is 0 Å². The van der Waals surface area contributed by atoms with Crippen molar-refractivity contribution in [2.45, 2.75) is 32.4 Å². The number of nitrogens with two attached hydrogens (primary N) is 1. The highest BCUT2D eigenvalue weighted by Crippen LogP contribution is 2.34. The molecule has 5 rings (SSSR count). The molecular formula is C30H28F2N6O2. The van der Waals surface area contributed by atoms with Crippen molar-refractivity contribution in [2.75, 3.05) is 10.6 Å². The van der Waals surface area contributed by atoms with Gasteiger partial charge in [0.15, 0.2) is 0 Å². The zero-order valence-electron chi connectivity index (χ0n) is 21.8. The van der Waals surface area contributed by atoms with E-state index in [1.165, 1.54) is 29.2 Å². The average molecular weight is 543 g/mol. The molecule has 204 valence electrons. The van der Waals surface area contributed by atoms with Gasteiger partial charge in [0, 0.05) is 35.8 Å². The van der Waals surface area contributed by atoms with Crippen molar-refractivity contribution in [2.24, 2.45) is 5.73 Å². The number of hydrogen-bond donors (Lipinski definition) is 3. The Bertz CT molecular complexity index is 1560. The summed E-state index contributed by atoms with van der Waals surface area (Å²) in [5.41, 5.74) is 9.48. The predicted molar refractivity (Wildman–Crippen MR) is 150 cm³/mol. The Morgan fingerprint density at radius 3 is 2.40 bits per heavy atom. The lowest BCUT2D eigenvalue weighted by molar-refractivity contribution is -0.130. The molecular weight excluding hydrogens is 514 g/mol. The van der Waals surface area contributed by atoms with Gasteiger partial charge in [0.1, 0.15) is 29.0 Å². The average Bonchev–Trinajstić information content (AvgIpc) is 3.32. The van der Waals surface area contributed by atoms with Crippen LogP contribution in [0, 0.1) is 11.6 Å². The lowest BCUT2D eigenvalue weighted by Crippen LogP contribution is -2.43. The third kappa shape index (κ3) is 5.92. The number of carbonyl (C=O) groups excluding carboxylic acids is 2. The molecule has 1 aromatic heterocycles. The molecule has 4 aromatic rings. The molecule has 1 atom stereocenters. The van der Waals surface area contributed by atoms with Gasteiger partial charge >= 0.3 is 0 Å². The maximum atomic E-state index is 14.1. The van der Waals surface area contributed by atoms with Crippen molar-refractivity contribution in [1.29, 1.82) is 0 Å². The quantitative estimate of drug-likeness (QED) is 0.282. The van der Waals surface area contributed by atoms with E-state index < -0.39 is 11.9 Å². The van der Waals surface area contributed by atoms with Crippen molar-refractivity contribution >= 4 is 35.2 Å². The van der Waals surface area contributed by atoms with Crippen LogP contribution in [0.15, 0.2) is 79.0 Å². The standard InChI is InChI=1S/C30H28F2N6O2/c1-2-27(39)34-23-10-6-19(7-11-23)16-25(33)30(40)37-14-15-38-26(18-37)36-28(20-4-3-5-22(32)17-20)29(38)35-24-12-8-21(31)9-13-24/h3-15,17,25,35H,2,16,18,33H2,1H3,(H,34,39). The highest BCUT2D eigenvalue weighted by molar-refractivity contribution is 5.90. The summed E-state index contributed by atoms with van der Waals surface area (Å²) in [4.78, 5) is 31.1. The minimum atomic E-state index is -0.804. The summed E-state index contributed by atoms with van der Waals surface area (Å²) < 4.78 is 29.3. The first-order valence-electron chi connectivity index (χ1n) is 12.8. The van der Waals surface area contributed by atoms with Gasteiger partial charge < -0.3 is 21.3 Å². The van der Waals surface area contributed by atoms with E-state index in [2.05, 4.69) is 10.6 Å². The lowest BCUT2D eigenvalue weighted by Gasteiger charge is -2.25. The van der Waals surface area contributed by atoms with E-state index in [0.29, 0.717) is 47.1 Å². The van der Waals surface area contributed by atoms with Crippen LogP contribution in [-0.2, 0) is 22.6 Å². The number of rotatable bonds is 8. The number of hydrogen-bond acceptors (Lipinski definition) is 5. The van der Waals surface area contributed by atoms with E-state index in [9.17, 15) is 18.4 Å². The van der Waals surface area contributed by atoms with Gasteiger partial charge in [-0.1, -0.05) is 31.2 Å². The number of amides is 2. The summed E-state index contributed by atoms with van der Waals surface area (Å²) in [6, 6.07) is 18.3. The minimum absolute atomic E-state index is 0.0774. The molecule has 10 heteroatoms. The van der Waals surface area contributed by atoms with E-state index >= 15 is 0 Å². The zero-order chi connectivity index (χ0) is 28.2. The van der Waals surface area contributed by atoms with Crippen LogP contribution in [0.1, 0.15) is 24.7 Å². The Hall–Kier alpha value is -4.83. The zero-order valence-corrected chi connectivity index (χ0v) is 21.8. The fraction of sp³-hybridized carbons (Fsp3) is 0.167. The van der Waals surface area contributed by atoms with Crippen molar-refractivity contribution in [3.63, 3.8) is 0 Å². The number of aromatic nitrogens is 2. The van der Waals surface area contributed by atoms with Gasteiger partial charge in [-0.2, -0.15) is 0 Å². The number of nitrogens with zero attached hydrogens (tertiary/aromatic N) is 3. The minimum Gasteiger partial charge on any atom is -0.339 e. The molecule has 0 fully saturated rings. The number of carbonyl (C=O) groups is 2. The summed E-state index contributed by atoms with van der Waals surface area (Å²) in [7, 11) is 0. The number of halogens is 2. The summed E-state index contributed by atoms with van der Waals surface area (Å²) in [6.07, 6.45) is 4.02.